The molecular formula is C20H23NO4. The molecule has 25 heavy (non-hydrogen) atoms. The summed E-state index contributed by atoms with van der Waals surface area (Å²) in [5, 5.41) is 14.9. The fraction of sp³-hybridized carbons (Fsp3) is 0.250. The molecule has 2 aromatic carbocycles. The number of aliphatic carboxylic acids is 1. The molecule has 1 N–H and O–H groups in total. The van der Waals surface area contributed by atoms with Crippen molar-refractivity contribution in [1.29, 1.82) is 5.26 Å². The molecule has 0 bridgehead atoms. The summed E-state index contributed by atoms with van der Waals surface area (Å²) in [5.41, 5.74) is 2.25. The van der Waals surface area contributed by atoms with Gasteiger partial charge in [-0.05, 0) is 24.0 Å². The van der Waals surface area contributed by atoms with Crippen molar-refractivity contribution in [3.63, 3.8) is 0 Å². The van der Waals surface area contributed by atoms with E-state index in [-0.39, 0.29) is 12.4 Å². The molecule has 2 aromatic rings. The molecule has 0 spiro atoms. The number of carbonyl (C=O) groups is 2. The van der Waals surface area contributed by atoms with Crippen molar-refractivity contribution >= 4 is 11.9 Å². The second kappa shape index (κ2) is 14.5. The lowest BCUT2D eigenvalue weighted by atomic mass is 10.1. The smallest absolute Gasteiger partial charge is 0.305 e. The second-order valence-electron chi connectivity index (χ2n) is 4.94. The van der Waals surface area contributed by atoms with Gasteiger partial charge in [-0.3, -0.25) is 9.59 Å². The molecule has 132 valence electrons. The van der Waals surface area contributed by atoms with Gasteiger partial charge in [0.25, 0.3) is 0 Å². The Morgan fingerprint density at radius 2 is 1.28 bits per heavy atom. The standard InChI is InChI=1S/C10H12O2.C9H10O2.CHN/c1-12-10(11)8-7-9-5-3-2-4-6-9;10-9(11)7-6-8-4-2-1-3-5-8;1-2/h2-6H,7-8H2,1H3;1-5H,6-7H2,(H,10,11);1H. The van der Waals surface area contributed by atoms with E-state index < -0.39 is 5.97 Å². The zero-order chi connectivity index (χ0) is 18.9. The Bertz CT molecular complexity index is 624. The third-order valence-electron chi connectivity index (χ3n) is 3.16. The van der Waals surface area contributed by atoms with E-state index in [1.54, 1.807) is 0 Å². The van der Waals surface area contributed by atoms with Crippen molar-refractivity contribution in [3.8, 4) is 6.57 Å². The van der Waals surface area contributed by atoms with Crippen molar-refractivity contribution in [2.45, 2.75) is 25.7 Å². The molecule has 0 atom stereocenters. The van der Waals surface area contributed by atoms with Crippen LogP contribution >= 0.6 is 0 Å². The van der Waals surface area contributed by atoms with Crippen LogP contribution in [-0.2, 0) is 27.2 Å². The molecular weight excluding hydrogens is 318 g/mol. The predicted molar refractivity (Wildman–Crippen MR) is 95.8 cm³/mol. The number of carboxylic acids is 1. The van der Waals surface area contributed by atoms with Gasteiger partial charge in [0.05, 0.1) is 7.11 Å². The van der Waals surface area contributed by atoms with Gasteiger partial charge in [0.15, 0.2) is 0 Å². The molecule has 0 saturated heterocycles. The summed E-state index contributed by atoms with van der Waals surface area (Å²) < 4.78 is 4.53. The number of aryl methyl sites for hydroxylation is 2. The number of ether oxygens (including phenoxy) is 1. The van der Waals surface area contributed by atoms with Gasteiger partial charge < -0.3 is 9.84 Å². The summed E-state index contributed by atoms with van der Waals surface area (Å²) in [6, 6.07) is 19.5. The summed E-state index contributed by atoms with van der Waals surface area (Å²) in [7, 11) is 1.41. The van der Waals surface area contributed by atoms with Gasteiger partial charge in [0.2, 0.25) is 0 Å². The molecule has 0 unspecified atom stereocenters. The fourth-order valence-electron chi connectivity index (χ4n) is 1.89. The normalized spacial score (nSPS) is 8.76. The van der Waals surface area contributed by atoms with Crippen LogP contribution in [0.4, 0.5) is 0 Å². The Hall–Kier alpha value is -3.13. The molecule has 0 heterocycles. The Balaban J connectivity index is 0.000000421. The molecule has 5 heteroatoms. The third kappa shape index (κ3) is 12.0. The largest absolute Gasteiger partial charge is 0.481 e. The number of hydrogen-bond donors (Lipinski definition) is 1. The molecule has 0 radical (unpaired) electrons. The molecule has 5 nitrogen and oxygen atoms in total. The van der Waals surface area contributed by atoms with E-state index in [4.69, 9.17) is 10.4 Å². The van der Waals surface area contributed by atoms with E-state index in [2.05, 4.69) is 11.3 Å². The van der Waals surface area contributed by atoms with Crippen molar-refractivity contribution in [2.24, 2.45) is 0 Å². The number of carboxylic acid groups (broad SMARTS) is 1. The molecule has 0 amide bonds. The first-order valence-corrected chi connectivity index (χ1v) is 7.74. The molecule has 0 aliphatic heterocycles. The van der Waals surface area contributed by atoms with Gasteiger partial charge in [-0.2, -0.15) is 0 Å². The number of benzene rings is 2. The van der Waals surface area contributed by atoms with E-state index in [1.807, 2.05) is 60.7 Å². The number of rotatable bonds is 6. The van der Waals surface area contributed by atoms with Gasteiger partial charge >= 0.3 is 11.9 Å². The van der Waals surface area contributed by atoms with Crippen LogP contribution in [0.15, 0.2) is 60.7 Å². The number of nitriles is 1. The van der Waals surface area contributed by atoms with Gasteiger partial charge in [-0.15, -0.1) is 0 Å². The Kier molecular flexibility index (Phi) is 12.7. The van der Waals surface area contributed by atoms with E-state index >= 15 is 0 Å². The molecule has 2 rings (SSSR count). The van der Waals surface area contributed by atoms with Crippen LogP contribution in [0.25, 0.3) is 0 Å². The van der Waals surface area contributed by atoms with Crippen LogP contribution in [0.1, 0.15) is 24.0 Å². The summed E-state index contributed by atoms with van der Waals surface area (Å²) >= 11 is 0. The summed E-state index contributed by atoms with van der Waals surface area (Å²) in [4.78, 5) is 20.9. The Morgan fingerprint density at radius 3 is 1.64 bits per heavy atom. The number of esters is 1. The van der Waals surface area contributed by atoms with Gasteiger partial charge in [0.1, 0.15) is 0 Å². The summed E-state index contributed by atoms with van der Waals surface area (Å²) in [6.07, 6.45) is 2.05. The number of nitrogens with zero attached hydrogens (tertiary/aromatic N) is 1. The topological polar surface area (TPSA) is 87.4 Å². The number of methoxy groups -OCH3 is 1. The van der Waals surface area contributed by atoms with Crippen LogP contribution < -0.4 is 0 Å². The van der Waals surface area contributed by atoms with Gasteiger partial charge in [-0.25, -0.2) is 5.26 Å². The van der Waals surface area contributed by atoms with Crippen LogP contribution in [0, 0.1) is 11.8 Å². The maximum Gasteiger partial charge on any atom is 0.305 e. The van der Waals surface area contributed by atoms with E-state index in [9.17, 15) is 9.59 Å². The van der Waals surface area contributed by atoms with Crippen LogP contribution in [0.5, 0.6) is 0 Å². The monoisotopic (exact) mass is 341 g/mol. The van der Waals surface area contributed by atoms with E-state index in [0.29, 0.717) is 12.8 Å². The molecule has 0 aliphatic rings. The lowest BCUT2D eigenvalue weighted by Gasteiger charge is -1.98. The molecule has 0 saturated carbocycles. The first-order chi connectivity index (χ1) is 12.1. The third-order valence-corrected chi connectivity index (χ3v) is 3.16. The minimum Gasteiger partial charge on any atom is -0.481 e. The molecule has 0 aromatic heterocycles. The lowest BCUT2D eigenvalue weighted by Crippen LogP contribution is -2.01. The molecule has 0 fully saturated rings. The zero-order valence-corrected chi connectivity index (χ0v) is 14.3. The van der Waals surface area contributed by atoms with E-state index in [1.165, 1.54) is 12.7 Å². The highest BCUT2D eigenvalue weighted by Gasteiger charge is 1.99. The summed E-state index contributed by atoms with van der Waals surface area (Å²) in [6.45, 7) is 3.50. The van der Waals surface area contributed by atoms with Crippen LogP contribution in [0.3, 0.4) is 0 Å². The van der Waals surface area contributed by atoms with Crippen LogP contribution in [0.2, 0.25) is 0 Å². The Labute approximate surface area is 148 Å². The highest BCUT2D eigenvalue weighted by molar-refractivity contribution is 5.69. The Morgan fingerprint density at radius 1 is 0.880 bits per heavy atom. The van der Waals surface area contributed by atoms with E-state index in [0.717, 1.165) is 12.0 Å². The highest BCUT2D eigenvalue weighted by Crippen LogP contribution is 2.02. The minimum absolute atomic E-state index is 0.154. The van der Waals surface area contributed by atoms with Crippen molar-refractivity contribution in [3.05, 3.63) is 71.8 Å². The number of hydrogen-bond acceptors (Lipinski definition) is 4. The SMILES string of the molecule is C#N.COC(=O)CCc1ccccc1.O=C(O)CCc1ccccc1. The van der Waals surface area contributed by atoms with Crippen LogP contribution in [-0.4, -0.2) is 24.2 Å². The fourth-order valence-corrected chi connectivity index (χ4v) is 1.89. The van der Waals surface area contributed by atoms with Gasteiger partial charge in [-0.1, -0.05) is 60.7 Å². The first-order valence-electron chi connectivity index (χ1n) is 7.74. The van der Waals surface area contributed by atoms with Crippen molar-refractivity contribution < 1.29 is 19.4 Å². The summed E-state index contributed by atoms with van der Waals surface area (Å²) in [5.74, 6) is -0.896. The molecule has 0 aliphatic carbocycles. The minimum atomic E-state index is -0.742. The quantitative estimate of drug-likeness (QED) is 0.811. The van der Waals surface area contributed by atoms with Crippen molar-refractivity contribution in [2.75, 3.05) is 7.11 Å². The lowest BCUT2D eigenvalue weighted by molar-refractivity contribution is -0.140. The average molecular weight is 341 g/mol. The second-order valence-corrected chi connectivity index (χ2v) is 4.94. The highest BCUT2D eigenvalue weighted by atomic mass is 16.5. The van der Waals surface area contributed by atoms with Gasteiger partial charge in [0, 0.05) is 19.4 Å². The maximum atomic E-state index is 10.8. The maximum absolute atomic E-state index is 10.8. The first kappa shape index (κ1) is 21.9. The average Bonchev–Trinajstić information content (AvgIpc) is 2.68. The zero-order valence-electron chi connectivity index (χ0n) is 14.3. The van der Waals surface area contributed by atoms with Crippen molar-refractivity contribution in [1.82, 2.24) is 0 Å². The number of carbonyl (C=O) groups excluding carboxylic acids is 1. The predicted octanol–water partition coefficient (Wildman–Crippen LogP) is 3.64.